The molecule has 7 nitrogen and oxygen atoms in total. The lowest BCUT2D eigenvalue weighted by atomic mass is 10.00. The number of hydrogen-bond acceptors (Lipinski definition) is 6. The molecule has 35 heavy (non-hydrogen) atoms. The number of anilines is 1. The van der Waals surface area contributed by atoms with Crippen molar-refractivity contribution in [3.8, 4) is 11.3 Å². The Bertz CT molecular complexity index is 1350. The standard InChI is InChI=1S/C26H32F2N6O/c1-33-15-21-23(32-33)3-2-20(25(21)26(27)28)22-4-5-24(31-30-22)29-19-10-17-13-34(14-18(17)11-19)12-16-6-8-35-9-7-16/h2-5,15-19,26H,6-14H2,1H3,(H,29,31)/t17-,18+,19?/i1D3,12D2. The maximum absolute atomic E-state index is 14.1. The van der Waals surface area contributed by atoms with Gasteiger partial charge in [-0.3, -0.25) is 4.68 Å². The molecule has 4 heterocycles. The summed E-state index contributed by atoms with van der Waals surface area (Å²) in [6, 6.07) is 6.53. The number of fused-ring (bicyclic) bond motifs is 2. The number of alkyl halides is 2. The molecule has 3 fully saturated rings. The van der Waals surface area contributed by atoms with Crippen LogP contribution in [0.15, 0.2) is 30.5 Å². The lowest BCUT2D eigenvalue weighted by molar-refractivity contribution is 0.0545. The third-order valence-corrected chi connectivity index (χ3v) is 7.58. The number of benzene rings is 1. The van der Waals surface area contributed by atoms with E-state index in [-0.39, 0.29) is 39.7 Å². The van der Waals surface area contributed by atoms with Crippen LogP contribution < -0.4 is 5.32 Å². The quantitative estimate of drug-likeness (QED) is 0.552. The van der Waals surface area contributed by atoms with Crippen molar-refractivity contribution in [1.29, 1.82) is 0 Å². The zero-order valence-electron chi connectivity index (χ0n) is 24.3. The number of nitrogens with one attached hydrogen (secondary N) is 1. The Morgan fingerprint density at radius 2 is 1.94 bits per heavy atom. The molecule has 2 aliphatic heterocycles. The van der Waals surface area contributed by atoms with Crippen LogP contribution in [0.25, 0.3) is 22.2 Å². The number of halogens is 2. The van der Waals surface area contributed by atoms with Gasteiger partial charge in [-0.25, -0.2) is 8.78 Å². The summed E-state index contributed by atoms with van der Waals surface area (Å²) in [6.07, 6.45) is 1.61. The highest BCUT2D eigenvalue weighted by molar-refractivity contribution is 5.88. The molecule has 1 N–H and O–H groups in total. The van der Waals surface area contributed by atoms with Crippen LogP contribution in [0, 0.1) is 17.8 Å². The van der Waals surface area contributed by atoms with E-state index in [0.717, 1.165) is 49.7 Å². The molecule has 3 atom stereocenters. The first kappa shape index (κ1) is 17.7. The van der Waals surface area contributed by atoms with Crippen LogP contribution in [-0.4, -0.2) is 63.7 Å². The Hall–Kier alpha value is -2.65. The van der Waals surface area contributed by atoms with E-state index >= 15 is 0 Å². The van der Waals surface area contributed by atoms with Crippen molar-refractivity contribution >= 4 is 16.7 Å². The molecule has 1 unspecified atom stereocenters. The third-order valence-electron chi connectivity index (χ3n) is 7.58. The van der Waals surface area contributed by atoms with E-state index in [1.807, 2.05) is 4.90 Å². The molecule has 2 aromatic heterocycles. The summed E-state index contributed by atoms with van der Waals surface area (Å²) in [5.74, 6) is 1.39. The first-order valence-corrected chi connectivity index (χ1v) is 12.2. The lowest BCUT2D eigenvalue weighted by Gasteiger charge is -2.27. The Balaban J connectivity index is 1.12. The van der Waals surface area contributed by atoms with Gasteiger partial charge in [0.2, 0.25) is 0 Å². The number of nitrogens with zero attached hydrogens (tertiary/aromatic N) is 5. The molecular weight excluding hydrogens is 450 g/mol. The summed E-state index contributed by atoms with van der Waals surface area (Å²) < 4.78 is 74.5. The second-order valence-electron chi connectivity index (χ2n) is 9.89. The van der Waals surface area contributed by atoms with Crippen molar-refractivity contribution in [2.75, 3.05) is 38.1 Å². The topological polar surface area (TPSA) is 68.1 Å². The van der Waals surface area contributed by atoms with Gasteiger partial charge in [0.25, 0.3) is 6.43 Å². The highest BCUT2D eigenvalue weighted by Crippen LogP contribution is 2.40. The fourth-order valence-electron chi connectivity index (χ4n) is 5.94. The molecule has 0 amide bonds. The summed E-state index contributed by atoms with van der Waals surface area (Å²) in [4.78, 5) is 2.03. The number of rotatable bonds is 6. The predicted molar refractivity (Wildman–Crippen MR) is 130 cm³/mol. The average molecular weight is 488 g/mol. The molecule has 1 saturated carbocycles. The predicted octanol–water partition coefficient (Wildman–Crippen LogP) is 4.52. The summed E-state index contributed by atoms with van der Waals surface area (Å²) in [5.41, 5.74) is 0.295. The highest BCUT2D eigenvalue weighted by atomic mass is 19.3. The Kier molecular flexibility index (Phi) is 4.77. The van der Waals surface area contributed by atoms with Crippen molar-refractivity contribution in [2.24, 2.45) is 24.7 Å². The van der Waals surface area contributed by atoms with E-state index in [4.69, 9.17) is 11.6 Å². The second kappa shape index (κ2) is 9.43. The molecule has 0 radical (unpaired) electrons. The number of hydrogen-bond donors (Lipinski definition) is 1. The van der Waals surface area contributed by atoms with Gasteiger partial charge in [-0.2, -0.15) is 5.10 Å². The zero-order valence-corrected chi connectivity index (χ0v) is 19.3. The summed E-state index contributed by atoms with van der Waals surface area (Å²) in [7, 11) is 0. The minimum atomic E-state index is -2.86. The van der Waals surface area contributed by atoms with Gasteiger partial charge in [-0.05, 0) is 67.7 Å². The maximum atomic E-state index is 14.1. The van der Waals surface area contributed by atoms with Crippen LogP contribution in [0.1, 0.15) is 44.5 Å². The summed E-state index contributed by atoms with van der Waals surface area (Å²) in [6.45, 7) is -1.14. The molecule has 0 spiro atoms. The molecule has 9 heteroatoms. The molecule has 6 rings (SSSR count). The van der Waals surface area contributed by atoms with Gasteiger partial charge in [0, 0.05) is 75.4 Å². The first-order chi connectivity index (χ1) is 19.0. The van der Waals surface area contributed by atoms with E-state index in [1.54, 1.807) is 12.1 Å². The van der Waals surface area contributed by atoms with Crippen LogP contribution in [0.2, 0.25) is 0 Å². The monoisotopic (exact) mass is 487 g/mol. The van der Waals surface area contributed by atoms with Crippen LogP contribution in [0.3, 0.4) is 0 Å². The van der Waals surface area contributed by atoms with Crippen LogP contribution in [0.5, 0.6) is 0 Å². The zero-order chi connectivity index (χ0) is 28.2. The average Bonchev–Trinajstić information content (AvgIpc) is 3.62. The number of aryl methyl sites for hydroxylation is 1. The summed E-state index contributed by atoms with van der Waals surface area (Å²) in [5, 5.41) is 15.9. The molecule has 1 aromatic carbocycles. The molecule has 2 saturated heterocycles. The van der Waals surface area contributed by atoms with Crippen molar-refractivity contribution < 1.29 is 20.4 Å². The SMILES string of the molecule is [2H]C([2H])(C1CCOCC1)N1C[C@H]2CC(Nc3ccc(-c4ccc5nn(C([2H])([2H])[2H])cc5c4C(F)F)nn3)C[C@H]2C1. The van der Waals surface area contributed by atoms with E-state index in [1.165, 1.54) is 12.1 Å². The van der Waals surface area contributed by atoms with E-state index in [0.29, 0.717) is 30.9 Å². The fourth-order valence-corrected chi connectivity index (χ4v) is 5.94. The number of aromatic nitrogens is 4. The van der Waals surface area contributed by atoms with Gasteiger partial charge in [0.1, 0.15) is 5.82 Å². The van der Waals surface area contributed by atoms with Gasteiger partial charge >= 0.3 is 0 Å². The third kappa shape index (κ3) is 4.63. The van der Waals surface area contributed by atoms with E-state index < -0.39 is 19.9 Å². The Morgan fingerprint density at radius 1 is 1.14 bits per heavy atom. The van der Waals surface area contributed by atoms with Crippen molar-refractivity contribution in [3.63, 3.8) is 0 Å². The molecular formula is C26H32F2N6O. The van der Waals surface area contributed by atoms with Crippen molar-refractivity contribution in [1.82, 2.24) is 24.9 Å². The largest absolute Gasteiger partial charge is 0.381 e. The maximum Gasteiger partial charge on any atom is 0.265 e. The Morgan fingerprint density at radius 3 is 2.63 bits per heavy atom. The first-order valence-electron chi connectivity index (χ1n) is 14.7. The van der Waals surface area contributed by atoms with E-state index in [9.17, 15) is 8.78 Å². The lowest BCUT2D eigenvalue weighted by Crippen LogP contribution is -2.32. The Labute approximate surface area is 210 Å². The van der Waals surface area contributed by atoms with Crippen LogP contribution >= 0.6 is 0 Å². The number of ether oxygens (including phenoxy) is 1. The van der Waals surface area contributed by atoms with Gasteiger partial charge in [-0.1, -0.05) is 0 Å². The highest BCUT2D eigenvalue weighted by Gasteiger charge is 2.41. The minimum absolute atomic E-state index is 0.00633. The smallest absolute Gasteiger partial charge is 0.265 e. The van der Waals surface area contributed by atoms with Gasteiger partial charge in [0.05, 0.1) is 11.2 Å². The summed E-state index contributed by atoms with van der Waals surface area (Å²) >= 11 is 0. The molecule has 0 bridgehead atoms. The van der Waals surface area contributed by atoms with Crippen molar-refractivity contribution in [2.45, 2.75) is 38.2 Å². The molecule has 1 aliphatic carbocycles. The fraction of sp³-hybridized carbons (Fsp3) is 0.577. The number of likely N-dealkylation sites (tertiary alicyclic amines) is 1. The van der Waals surface area contributed by atoms with Crippen LogP contribution in [-0.2, 0) is 11.7 Å². The van der Waals surface area contributed by atoms with Crippen molar-refractivity contribution in [3.05, 3.63) is 36.0 Å². The molecule has 3 aromatic rings. The van der Waals surface area contributed by atoms with Gasteiger partial charge < -0.3 is 15.0 Å². The normalized spacial score (nSPS) is 28.4. The second-order valence-corrected chi connectivity index (χ2v) is 9.89. The van der Waals surface area contributed by atoms with Crippen LogP contribution in [0.4, 0.5) is 14.6 Å². The van der Waals surface area contributed by atoms with E-state index in [2.05, 4.69) is 20.6 Å². The molecule has 3 aliphatic rings. The molecule has 186 valence electrons. The minimum Gasteiger partial charge on any atom is -0.381 e. The van der Waals surface area contributed by atoms with Gasteiger partial charge in [0.15, 0.2) is 0 Å². The van der Waals surface area contributed by atoms with Gasteiger partial charge in [-0.15, -0.1) is 10.2 Å².